The maximum absolute atomic E-state index is 11.9. The van der Waals surface area contributed by atoms with Gasteiger partial charge in [-0.3, -0.25) is 0 Å². The molecule has 2 heterocycles. The molecule has 1 aliphatic rings. The second kappa shape index (κ2) is 7.14. The van der Waals surface area contributed by atoms with E-state index in [1.54, 1.807) is 13.0 Å². The van der Waals surface area contributed by atoms with Gasteiger partial charge >= 0.3 is 5.63 Å². The quantitative estimate of drug-likeness (QED) is 0.673. The van der Waals surface area contributed by atoms with Gasteiger partial charge in [-0.25, -0.2) is 4.79 Å². The van der Waals surface area contributed by atoms with Crippen LogP contribution in [-0.2, 0) is 0 Å². The van der Waals surface area contributed by atoms with Crippen molar-refractivity contribution in [1.82, 2.24) is 0 Å². The molecule has 1 N–H and O–H groups in total. The second-order valence-corrected chi connectivity index (χ2v) is 7.44. The van der Waals surface area contributed by atoms with E-state index in [2.05, 4.69) is 0 Å². The molecule has 1 saturated carbocycles. The monoisotopic (exact) mass is 368 g/mol. The van der Waals surface area contributed by atoms with Crippen LogP contribution in [0.4, 0.5) is 0 Å². The van der Waals surface area contributed by atoms with Crippen molar-refractivity contribution >= 4 is 11.0 Å². The van der Waals surface area contributed by atoms with Crippen LogP contribution in [0.2, 0.25) is 0 Å². The third-order valence-electron chi connectivity index (χ3n) is 5.48. The summed E-state index contributed by atoms with van der Waals surface area (Å²) in [4.78, 5) is 11.9. The maximum Gasteiger partial charge on any atom is 0.343 e. The first kappa shape index (κ1) is 17.7. The molecule has 1 fully saturated rings. The number of benzene rings is 1. The zero-order chi connectivity index (χ0) is 19.0. The fourth-order valence-corrected chi connectivity index (χ4v) is 3.75. The molecule has 0 atom stereocenters. The largest absolute Gasteiger partial charge is 0.507 e. The summed E-state index contributed by atoms with van der Waals surface area (Å²) in [6.45, 7) is 3.97. The van der Waals surface area contributed by atoms with E-state index in [0.29, 0.717) is 22.8 Å². The van der Waals surface area contributed by atoms with Gasteiger partial charge in [-0.2, -0.15) is 0 Å². The molecule has 142 valence electrons. The molecule has 0 amide bonds. The van der Waals surface area contributed by atoms with Crippen molar-refractivity contribution < 1.29 is 18.7 Å². The number of furan rings is 1. The van der Waals surface area contributed by atoms with Crippen molar-refractivity contribution in [1.29, 1.82) is 0 Å². The third kappa shape index (κ3) is 3.46. The van der Waals surface area contributed by atoms with E-state index in [1.807, 2.05) is 18.2 Å². The highest BCUT2D eigenvalue weighted by molar-refractivity contribution is 5.83. The molecular formula is C22H24O5. The Labute approximate surface area is 157 Å². The molecule has 3 aromatic rings. The van der Waals surface area contributed by atoms with E-state index < -0.39 is 5.63 Å². The lowest BCUT2D eigenvalue weighted by atomic mass is 9.90. The van der Waals surface area contributed by atoms with Crippen molar-refractivity contribution in [2.45, 2.75) is 46.0 Å². The van der Waals surface area contributed by atoms with Crippen molar-refractivity contribution in [2.75, 3.05) is 6.61 Å². The molecule has 0 unspecified atom stereocenters. The van der Waals surface area contributed by atoms with Gasteiger partial charge in [0.15, 0.2) is 11.5 Å². The Hall–Kier alpha value is -2.69. The Balaban J connectivity index is 1.60. The first-order valence-corrected chi connectivity index (χ1v) is 9.53. The molecule has 5 nitrogen and oxygen atoms in total. The van der Waals surface area contributed by atoms with Gasteiger partial charge < -0.3 is 18.7 Å². The van der Waals surface area contributed by atoms with Gasteiger partial charge in [0.05, 0.1) is 12.2 Å². The summed E-state index contributed by atoms with van der Waals surface area (Å²) in [5.74, 6) is 2.02. The van der Waals surface area contributed by atoms with Gasteiger partial charge in [0.25, 0.3) is 0 Å². The van der Waals surface area contributed by atoms with E-state index in [1.165, 1.54) is 39.0 Å². The summed E-state index contributed by atoms with van der Waals surface area (Å²) >= 11 is 0. The lowest BCUT2D eigenvalue weighted by Crippen LogP contribution is -2.15. The van der Waals surface area contributed by atoms with E-state index in [4.69, 9.17) is 13.6 Å². The normalized spacial score (nSPS) is 15.3. The number of hydrogen-bond acceptors (Lipinski definition) is 5. The Morgan fingerprint density at radius 3 is 2.63 bits per heavy atom. The second-order valence-electron chi connectivity index (χ2n) is 7.44. The van der Waals surface area contributed by atoms with E-state index >= 15 is 0 Å². The topological polar surface area (TPSA) is 72.8 Å². The summed E-state index contributed by atoms with van der Waals surface area (Å²) in [5, 5.41) is 11.0. The molecule has 0 saturated heterocycles. The minimum absolute atomic E-state index is 0.0572. The number of ether oxygens (including phenoxy) is 1. The zero-order valence-corrected chi connectivity index (χ0v) is 15.7. The Morgan fingerprint density at radius 2 is 1.85 bits per heavy atom. The summed E-state index contributed by atoms with van der Waals surface area (Å²) in [7, 11) is 0. The first-order chi connectivity index (χ1) is 13.0. The highest BCUT2D eigenvalue weighted by Gasteiger charge is 2.19. The predicted molar refractivity (Wildman–Crippen MR) is 103 cm³/mol. The van der Waals surface area contributed by atoms with Gasteiger partial charge in [-0.15, -0.1) is 0 Å². The molecule has 1 aliphatic carbocycles. The zero-order valence-electron chi connectivity index (χ0n) is 15.7. The van der Waals surface area contributed by atoms with Gasteiger partial charge in [0.1, 0.15) is 17.1 Å². The number of hydrogen-bond donors (Lipinski definition) is 1. The molecule has 27 heavy (non-hydrogen) atoms. The lowest BCUT2D eigenvalue weighted by Gasteiger charge is -2.21. The lowest BCUT2D eigenvalue weighted by molar-refractivity contribution is 0.209. The fourth-order valence-electron chi connectivity index (χ4n) is 3.75. The highest BCUT2D eigenvalue weighted by atomic mass is 16.5. The molecule has 0 aliphatic heterocycles. The van der Waals surface area contributed by atoms with Crippen LogP contribution in [0.15, 0.2) is 37.9 Å². The van der Waals surface area contributed by atoms with Crippen molar-refractivity contribution in [3.63, 3.8) is 0 Å². The Bertz CT molecular complexity index is 1020. The van der Waals surface area contributed by atoms with Gasteiger partial charge in [0.2, 0.25) is 0 Å². The standard InChI is InChI=1S/C22H24O5/c1-13-20(23)14(2)22(24)27-21(13)19-10-16-8-9-17(11-18(16)26-19)25-12-15-6-4-3-5-7-15/h8-11,15,23H,3-7,12H2,1-2H3. The molecule has 1 aromatic carbocycles. The van der Waals surface area contributed by atoms with Crippen LogP contribution in [-0.4, -0.2) is 11.7 Å². The van der Waals surface area contributed by atoms with Crippen LogP contribution in [0.1, 0.15) is 43.2 Å². The van der Waals surface area contributed by atoms with Crippen molar-refractivity contribution in [3.8, 4) is 23.0 Å². The average Bonchev–Trinajstić information content (AvgIpc) is 3.11. The summed E-state index contributed by atoms with van der Waals surface area (Å²) in [6.07, 6.45) is 6.40. The molecule has 0 bridgehead atoms. The fraction of sp³-hybridized carbons (Fsp3) is 0.409. The maximum atomic E-state index is 11.9. The number of fused-ring (bicyclic) bond motifs is 1. The third-order valence-corrected chi connectivity index (χ3v) is 5.48. The molecule has 5 heteroatoms. The summed E-state index contributed by atoms with van der Waals surface area (Å²) < 4.78 is 17.2. The molecule has 0 spiro atoms. The smallest absolute Gasteiger partial charge is 0.343 e. The predicted octanol–water partition coefficient (Wildman–Crippen LogP) is 5.33. The minimum atomic E-state index is -0.565. The average molecular weight is 368 g/mol. The first-order valence-electron chi connectivity index (χ1n) is 9.53. The van der Waals surface area contributed by atoms with Crippen LogP contribution in [0.25, 0.3) is 22.5 Å². The van der Waals surface area contributed by atoms with Crippen LogP contribution >= 0.6 is 0 Å². The van der Waals surface area contributed by atoms with Gasteiger partial charge in [0, 0.05) is 17.0 Å². The molecule has 2 aromatic heterocycles. The van der Waals surface area contributed by atoms with Crippen LogP contribution < -0.4 is 10.4 Å². The SMILES string of the molecule is Cc1c(-c2cc3ccc(OCC4CCCCC4)cc3o2)oc(=O)c(C)c1O. The minimum Gasteiger partial charge on any atom is -0.507 e. The van der Waals surface area contributed by atoms with Crippen LogP contribution in [0.3, 0.4) is 0 Å². The molecular weight excluding hydrogens is 344 g/mol. The molecule has 0 radical (unpaired) electrons. The van der Waals surface area contributed by atoms with Gasteiger partial charge in [-0.1, -0.05) is 19.3 Å². The number of rotatable bonds is 4. The van der Waals surface area contributed by atoms with E-state index in [9.17, 15) is 9.90 Å². The number of aromatic hydroxyl groups is 1. The van der Waals surface area contributed by atoms with Crippen molar-refractivity contribution in [2.24, 2.45) is 5.92 Å². The van der Waals surface area contributed by atoms with Crippen LogP contribution in [0.5, 0.6) is 11.5 Å². The van der Waals surface area contributed by atoms with Gasteiger partial charge in [-0.05, 0) is 50.8 Å². The van der Waals surface area contributed by atoms with E-state index in [0.717, 1.165) is 17.7 Å². The van der Waals surface area contributed by atoms with E-state index in [-0.39, 0.29) is 17.1 Å². The summed E-state index contributed by atoms with van der Waals surface area (Å²) in [5.41, 5.74) is 0.781. The van der Waals surface area contributed by atoms with Crippen molar-refractivity contribution in [3.05, 3.63) is 45.8 Å². The highest BCUT2D eigenvalue weighted by Crippen LogP contribution is 2.35. The Morgan fingerprint density at radius 1 is 1.07 bits per heavy atom. The Kier molecular flexibility index (Phi) is 4.68. The van der Waals surface area contributed by atoms with Crippen LogP contribution in [0, 0.1) is 19.8 Å². The molecule has 4 rings (SSSR count). The summed E-state index contributed by atoms with van der Waals surface area (Å²) in [6, 6.07) is 7.53.